The Labute approximate surface area is 111 Å². The molecule has 2 aromatic rings. The molecule has 1 aliphatic heterocycles. The quantitative estimate of drug-likeness (QED) is 0.868. The highest BCUT2D eigenvalue weighted by molar-refractivity contribution is 5.90. The van der Waals surface area contributed by atoms with Crippen molar-refractivity contribution in [3.63, 3.8) is 0 Å². The molecule has 19 heavy (non-hydrogen) atoms. The Hall–Kier alpha value is -1.81. The van der Waals surface area contributed by atoms with Crippen molar-refractivity contribution in [3.8, 4) is 0 Å². The number of carboxylic acids is 1. The van der Waals surface area contributed by atoms with E-state index in [1.165, 1.54) is 22.3 Å². The van der Waals surface area contributed by atoms with Crippen molar-refractivity contribution in [2.75, 3.05) is 0 Å². The van der Waals surface area contributed by atoms with E-state index in [1.54, 1.807) is 0 Å². The first-order valence-corrected chi connectivity index (χ1v) is 6.61. The van der Waals surface area contributed by atoms with Crippen molar-refractivity contribution < 1.29 is 9.90 Å². The number of hydrogen-bond donors (Lipinski definition) is 2. The molecule has 100 valence electrons. The van der Waals surface area contributed by atoms with E-state index in [-0.39, 0.29) is 0 Å². The Morgan fingerprint density at radius 3 is 2.84 bits per heavy atom. The third-order valence-electron chi connectivity index (χ3n) is 4.29. The van der Waals surface area contributed by atoms with Gasteiger partial charge >= 0.3 is 5.97 Å². The maximum Gasteiger partial charge on any atom is 0.325 e. The molecular weight excluding hydrogens is 240 g/mol. The molecule has 0 saturated carbocycles. The van der Waals surface area contributed by atoms with Crippen LogP contribution < -0.4 is 5.73 Å². The number of carbonyl (C=O) groups is 1. The van der Waals surface area contributed by atoms with Gasteiger partial charge in [-0.3, -0.25) is 4.79 Å². The van der Waals surface area contributed by atoms with Crippen LogP contribution in [0.15, 0.2) is 12.1 Å². The van der Waals surface area contributed by atoms with Gasteiger partial charge in [-0.1, -0.05) is 6.07 Å². The van der Waals surface area contributed by atoms with Crippen LogP contribution in [0.5, 0.6) is 0 Å². The van der Waals surface area contributed by atoms with E-state index in [1.807, 2.05) is 12.1 Å². The van der Waals surface area contributed by atoms with Crippen LogP contribution in [0.2, 0.25) is 0 Å². The van der Waals surface area contributed by atoms with Gasteiger partial charge in [0.2, 0.25) is 0 Å². The van der Waals surface area contributed by atoms with Gasteiger partial charge in [0.05, 0.1) is 5.52 Å². The number of aromatic nitrogens is 1. The Balaban J connectivity index is 2.32. The molecule has 0 bridgehead atoms. The maximum absolute atomic E-state index is 11.1. The molecule has 3 N–H and O–H groups in total. The Morgan fingerprint density at radius 2 is 2.16 bits per heavy atom. The van der Waals surface area contributed by atoms with Crippen molar-refractivity contribution in [3.05, 3.63) is 34.5 Å². The second-order valence-corrected chi connectivity index (χ2v) is 5.36. The van der Waals surface area contributed by atoms with Gasteiger partial charge in [-0.25, -0.2) is 0 Å². The monoisotopic (exact) mass is 258 g/mol. The van der Waals surface area contributed by atoms with Crippen molar-refractivity contribution in [1.29, 1.82) is 0 Å². The van der Waals surface area contributed by atoms with Crippen LogP contribution in [0, 0.1) is 13.8 Å². The number of carboxylic acid groups (broad SMARTS) is 1. The van der Waals surface area contributed by atoms with Gasteiger partial charge in [-0.2, -0.15) is 0 Å². The fourth-order valence-electron chi connectivity index (χ4n) is 3.11. The van der Waals surface area contributed by atoms with Gasteiger partial charge < -0.3 is 15.4 Å². The summed E-state index contributed by atoms with van der Waals surface area (Å²) in [4.78, 5) is 11.1. The Bertz CT molecular complexity index is 685. The van der Waals surface area contributed by atoms with Crippen LogP contribution in [0.3, 0.4) is 0 Å². The molecule has 4 heteroatoms. The maximum atomic E-state index is 11.1. The number of nitrogens with two attached hydrogens (primary N) is 1. The van der Waals surface area contributed by atoms with E-state index in [2.05, 4.69) is 18.4 Å². The van der Waals surface area contributed by atoms with Gasteiger partial charge in [0.25, 0.3) is 0 Å². The van der Waals surface area contributed by atoms with Gasteiger partial charge in [-0.05, 0) is 49.4 Å². The smallest absolute Gasteiger partial charge is 0.325 e. The SMILES string of the molecule is Cc1c(C)n2c3c(cc(C(N)C(=O)O)cc13)CCC2. The van der Waals surface area contributed by atoms with Crippen LogP contribution >= 0.6 is 0 Å². The number of rotatable bonds is 2. The van der Waals surface area contributed by atoms with E-state index in [9.17, 15) is 4.79 Å². The van der Waals surface area contributed by atoms with E-state index in [0.717, 1.165) is 24.8 Å². The van der Waals surface area contributed by atoms with E-state index in [4.69, 9.17) is 10.8 Å². The summed E-state index contributed by atoms with van der Waals surface area (Å²) in [6.45, 7) is 5.27. The van der Waals surface area contributed by atoms with Crippen LogP contribution in [0.1, 0.15) is 34.8 Å². The van der Waals surface area contributed by atoms with Crippen molar-refractivity contribution >= 4 is 16.9 Å². The summed E-state index contributed by atoms with van der Waals surface area (Å²) in [7, 11) is 0. The zero-order chi connectivity index (χ0) is 13.7. The molecule has 4 nitrogen and oxygen atoms in total. The van der Waals surface area contributed by atoms with Crippen molar-refractivity contribution in [1.82, 2.24) is 4.57 Å². The number of aliphatic carboxylic acids is 1. The molecule has 0 radical (unpaired) electrons. The van der Waals surface area contributed by atoms with E-state index in [0.29, 0.717) is 5.56 Å². The third-order valence-corrected chi connectivity index (χ3v) is 4.29. The minimum Gasteiger partial charge on any atom is -0.480 e. The molecule has 2 heterocycles. The van der Waals surface area contributed by atoms with Crippen LogP contribution in [-0.4, -0.2) is 15.6 Å². The van der Waals surface area contributed by atoms with Crippen LogP contribution in [0.4, 0.5) is 0 Å². The molecule has 0 saturated heterocycles. The molecule has 1 aliphatic rings. The summed E-state index contributed by atoms with van der Waals surface area (Å²) in [5.74, 6) is -0.976. The first-order chi connectivity index (χ1) is 9.00. The number of benzene rings is 1. The summed E-state index contributed by atoms with van der Waals surface area (Å²) in [6.07, 6.45) is 2.10. The van der Waals surface area contributed by atoms with E-state index >= 15 is 0 Å². The molecule has 3 rings (SSSR count). The lowest BCUT2D eigenvalue weighted by molar-refractivity contribution is -0.138. The minimum atomic E-state index is -0.976. The molecule has 1 aromatic heterocycles. The minimum absolute atomic E-state index is 0.706. The van der Waals surface area contributed by atoms with Gasteiger partial charge in [-0.15, -0.1) is 0 Å². The van der Waals surface area contributed by atoms with Gasteiger partial charge in [0, 0.05) is 17.6 Å². The van der Waals surface area contributed by atoms with Crippen LogP contribution in [0.25, 0.3) is 10.9 Å². The molecule has 1 atom stereocenters. The normalized spacial score (nSPS) is 15.7. The molecule has 0 aliphatic carbocycles. The number of aryl methyl sites for hydroxylation is 3. The topological polar surface area (TPSA) is 68.2 Å². The second kappa shape index (κ2) is 4.10. The first-order valence-electron chi connectivity index (χ1n) is 6.61. The summed E-state index contributed by atoms with van der Waals surface area (Å²) in [6, 6.07) is 2.97. The fraction of sp³-hybridized carbons (Fsp3) is 0.400. The molecule has 0 spiro atoms. The molecule has 0 amide bonds. The molecular formula is C15H18N2O2. The van der Waals surface area contributed by atoms with Crippen molar-refractivity contribution in [2.24, 2.45) is 5.73 Å². The Morgan fingerprint density at radius 1 is 1.42 bits per heavy atom. The van der Waals surface area contributed by atoms with E-state index < -0.39 is 12.0 Å². The number of nitrogens with zero attached hydrogens (tertiary/aromatic N) is 1. The molecule has 1 unspecified atom stereocenters. The lowest BCUT2D eigenvalue weighted by Crippen LogP contribution is -2.21. The highest BCUT2D eigenvalue weighted by Crippen LogP contribution is 2.34. The summed E-state index contributed by atoms with van der Waals surface area (Å²) in [5, 5.41) is 10.2. The average Bonchev–Trinajstić information content (AvgIpc) is 2.65. The van der Waals surface area contributed by atoms with Crippen molar-refractivity contribution in [2.45, 2.75) is 39.3 Å². The second-order valence-electron chi connectivity index (χ2n) is 5.36. The van der Waals surface area contributed by atoms with Gasteiger partial charge in [0.1, 0.15) is 6.04 Å². The summed E-state index contributed by atoms with van der Waals surface area (Å²) >= 11 is 0. The van der Waals surface area contributed by atoms with Crippen LogP contribution in [-0.2, 0) is 17.8 Å². The summed E-state index contributed by atoms with van der Waals surface area (Å²) in [5.41, 5.74) is 11.5. The highest BCUT2D eigenvalue weighted by Gasteiger charge is 2.22. The fourth-order valence-corrected chi connectivity index (χ4v) is 3.11. The zero-order valence-electron chi connectivity index (χ0n) is 11.2. The zero-order valence-corrected chi connectivity index (χ0v) is 11.2. The lowest BCUT2D eigenvalue weighted by Gasteiger charge is -2.18. The molecule has 1 aromatic carbocycles. The highest BCUT2D eigenvalue weighted by atomic mass is 16.4. The Kier molecular flexibility index (Phi) is 2.64. The lowest BCUT2D eigenvalue weighted by atomic mass is 9.96. The first kappa shape index (κ1) is 12.2. The number of hydrogen-bond acceptors (Lipinski definition) is 2. The third kappa shape index (κ3) is 1.67. The predicted molar refractivity (Wildman–Crippen MR) is 74.3 cm³/mol. The standard InChI is InChI=1S/C15H18N2O2/c1-8-9(2)17-5-3-4-10-6-11(13(16)15(18)19)7-12(8)14(10)17/h6-7,13H,3-5,16H2,1-2H3,(H,18,19). The molecule has 0 fully saturated rings. The average molecular weight is 258 g/mol. The van der Waals surface area contributed by atoms with Gasteiger partial charge in [0.15, 0.2) is 0 Å². The predicted octanol–water partition coefficient (Wildman–Crippen LogP) is 2.29. The summed E-state index contributed by atoms with van der Waals surface area (Å²) < 4.78 is 2.35. The largest absolute Gasteiger partial charge is 0.480 e.